The maximum Gasteiger partial charge on any atom is 0.251 e. The van der Waals surface area contributed by atoms with E-state index in [1.54, 1.807) is 0 Å². The van der Waals surface area contributed by atoms with Gasteiger partial charge < -0.3 is 15.5 Å². The molecule has 1 aliphatic rings. The van der Waals surface area contributed by atoms with E-state index in [0.29, 0.717) is 23.7 Å². The number of nitrogens with zero attached hydrogens (tertiary/aromatic N) is 1. The van der Waals surface area contributed by atoms with Crippen molar-refractivity contribution >= 4 is 17.5 Å². The van der Waals surface area contributed by atoms with Crippen LogP contribution in [0.4, 0.5) is 5.69 Å². The molecule has 2 rings (SSSR count). The molecule has 138 valence electrons. The summed E-state index contributed by atoms with van der Waals surface area (Å²) in [6.07, 6.45) is 2.34. The quantitative estimate of drug-likeness (QED) is 0.882. The first-order valence-electron chi connectivity index (χ1n) is 9.06. The van der Waals surface area contributed by atoms with Crippen LogP contribution in [0.25, 0.3) is 0 Å². The molecular weight excluding hydrogens is 314 g/mol. The molecule has 0 unspecified atom stereocenters. The number of hydrogen-bond acceptors (Lipinski definition) is 3. The molecule has 25 heavy (non-hydrogen) atoms. The predicted octanol–water partition coefficient (Wildman–Crippen LogP) is 3.05. The lowest BCUT2D eigenvalue weighted by molar-refractivity contribution is -0.123. The van der Waals surface area contributed by atoms with E-state index in [9.17, 15) is 9.59 Å². The predicted molar refractivity (Wildman–Crippen MR) is 102 cm³/mol. The van der Waals surface area contributed by atoms with E-state index in [1.165, 1.54) is 6.42 Å². The van der Waals surface area contributed by atoms with Gasteiger partial charge in [0.05, 0.1) is 0 Å². The fraction of sp³-hybridized carbons (Fsp3) is 0.600. The zero-order chi connectivity index (χ0) is 18.6. The van der Waals surface area contributed by atoms with Crippen LogP contribution in [0.1, 0.15) is 49.5 Å². The smallest absolute Gasteiger partial charge is 0.251 e. The molecule has 2 amide bonds. The van der Waals surface area contributed by atoms with Crippen LogP contribution < -0.4 is 10.6 Å². The van der Waals surface area contributed by atoms with E-state index < -0.39 is 5.41 Å². The Hall–Kier alpha value is -1.88. The van der Waals surface area contributed by atoms with E-state index >= 15 is 0 Å². The molecule has 1 aromatic rings. The van der Waals surface area contributed by atoms with Gasteiger partial charge in [0.25, 0.3) is 5.91 Å². The van der Waals surface area contributed by atoms with Gasteiger partial charge in [-0.05, 0) is 57.0 Å². The molecule has 0 saturated carbocycles. The van der Waals surface area contributed by atoms with E-state index in [-0.39, 0.29) is 11.8 Å². The largest absolute Gasteiger partial charge is 0.352 e. The Morgan fingerprint density at radius 1 is 1.28 bits per heavy atom. The summed E-state index contributed by atoms with van der Waals surface area (Å²) >= 11 is 0. The van der Waals surface area contributed by atoms with Gasteiger partial charge in [-0.1, -0.05) is 26.8 Å². The van der Waals surface area contributed by atoms with E-state index in [1.807, 2.05) is 45.9 Å². The zero-order valence-electron chi connectivity index (χ0n) is 16.1. The van der Waals surface area contributed by atoms with Gasteiger partial charge in [0, 0.05) is 29.8 Å². The lowest BCUT2D eigenvalue weighted by atomic mass is 9.95. The number of rotatable bonds is 4. The lowest BCUT2D eigenvalue weighted by Crippen LogP contribution is -2.39. The molecule has 1 aliphatic heterocycles. The second-order valence-electron chi connectivity index (χ2n) is 8.16. The van der Waals surface area contributed by atoms with Crippen molar-refractivity contribution in [3.8, 4) is 0 Å². The molecule has 5 nitrogen and oxygen atoms in total. The molecular formula is C20H31N3O2. The minimum Gasteiger partial charge on any atom is -0.352 e. The van der Waals surface area contributed by atoms with Gasteiger partial charge in [-0.2, -0.15) is 0 Å². The van der Waals surface area contributed by atoms with Crippen molar-refractivity contribution in [2.45, 2.75) is 40.5 Å². The van der Waals surface area contributed by atoms with Crippen molar-refractivity contribution < 1.29 is 9.59 Å². The summed E-state index contributed by atoms with van der Waals surface area (Å²) in [5, 5.41) is 5.99. The Bertz CT molecular complexity index is 634. The Balaban J connectivity index is 2.02. The number of amides is 2. The molecule has 1 saturated heterocycles. The van der Waals surface area contributed by atoms with Crippen LogP contribution in [0.15, 0.2) is 18.2 Å². The molecule has 5 heteroatoms. The monoisotopic (exact) mass is 345 g/mol. The van der Waals surface area contributed by atoms with Gasteiger partial charge in [-0.3, -0.25) is 9.59 Å². The van der Waals surface area contributed by atoms with E-state index in [2.05, 4.69) is 22.6 Å². The molecule has 1 heterocycles. The molecule has 1 atom stereocenters. The second-order valence-corrected chi connectivity index (χ2v) is 8.16. The number of piperidine rings is 1. The molecule has 2 N–H and O–H groups in total. The van der Waals surface area contributed by atoms with Crippen LogP contribution in [0.3, 0.4) is 0 Å². The van der Waals surface area contributed by atoms with Crippen LogP contribution >= 0.6 is 0 Å². The van der Waals surface area contributed by atoms with Gasteiger partial charge in [0.2, 0.25) is 5.91 Å². The number of likely N-dealkylation sites (tertiary alicyclic amines) is 1. The number of hydrogen-bond donors (Lipinski definition) is 2. The minimum absolute atomic E-state index is 0.0570. The van der Waals surface area contributed by atoms with Crippen LogP contribution in [0.5, 0.6) is 0 Å². The summed E-state index contributed by atoms with van der Waals surface area (Å²) in [7, 11) is 2.12. The van der Waals surface area contributed by atoms with E-state index in [0.717, 1.165) is 25.1 Å². The molecule has 1 aromatic carbocycles. The van der Waals surface area contributed by atoms with Crippen molar-refractivity contribution in [3.05, 3.63) is 29.3 Å². The standard InChI is InChI=1S/C20H31N3O2/c1-14-16(9-6-10-17(14)22-19(25)20(2,3)4)18(24)21-12-15-8-7-11-23(5)13-15/h6,9-10,15H,7-8,11-13H2,1-5H3,(H,21,24)(H,22,25)/t15-/m0/s1. The van der Waals surface area contributed by atoms with Crippen LogP contribution in [0.2, 0.25) is 0 Å². The van der Waals surface area contributed by atoms with Crippen LogP contribution in [-0.2, 0) is 4.79 Å². The molecule has 0 spiro atoms. The van der Waals surface area contributed by atoms with Crippen LogP contribution in [-0.4, -0.2) is 43.4 Å². The minimum atomic E-state index is -0.474. The highest BCUT2D eigenvalue weighted by Crippen LogP contribution is 2.23. The Kier molecular flexibility index (Phi) is 6.22. The first-order chi connectivity index (χ1) is 11.7. The number of carbonyl (C=O) groups is 2. The van der Waals surface area contributed by atoms with Gasteiger partial charge in [-0.15, -0.1) is 0 Å². The summed E-state index contributed by atoms with van der Waals surface area (Å²) in [5.74, 6) is 0.378. The molecule has 1 fully saturated rings. The first-order valence-corrected chi connectivity index (χ1v) is 9.06. The highest BCUT2D eigenvalue weighted by atomic mass is 16.2. The third-order valence-electron chi connectivity index (χ3n) is 4.78. The number of carbonyl (C=O) groups excluding carboxylic acids is 2. The first kappa shape index (κ1) is 19.4. The highest BCUT2D eigenvalue weighted by Gasteiger charge is 2.23. The number of anilines is 1. The van der Waals surface area contributed by atoms with Crippen molar-refractivity contribution in [2.75, 3.05) is 32.0 Å². The Labute approximate surface area is 151 Å². The lowest BCUT2D eigenvalue weighted by Gasteiger charge is -2.29. The summed E-state index contributed by atoms with van der Waals surface area (Å²) in [5.41, 5.74) is 1.65. The zero-order valence-corrected chi connectivity index (χ0v) is 16.1. The van der Waals surface area contributed by atoms with Crippen molar-refractivity contribution in [2.24, 2.45) is 11.3 Å². The fourth-order valence-corrected chi connectivity index (χ4v) is 3.10. The molecule has 0 bridgehead atoms. The average molecular weight is 345 g/mol. The molecule has 0 radical (unpaired) electrons. The van der Waals surface area contributed by atoms with Gasteiger partial charge in [-0.25, -0.2) is 0 Å². The summed E-state index contributed by atoms with van der Waals surface area (Å²) in [4.78, 5) is 27.1. The topological polar surface area (TPSA) is 61.4 Å². The van der Waals surface area contributed by atoms with Crippen molar-refractivity contribution in [1.29, 1.82) is 0 Å². The van der Waals surface area contributed by atoms with Gasteiger partial charge in [0.15, 0.2) is 0 Å². The normalized spacial score (nSPS) is 18.7. The third kappa shape index (κ3) is 5.30. The van der Waals surface area contributed by atoms with Gasteiger partial charge in [0.1, 0.15) is 0 Å². The molecule has 0 aliphatic carbocycles. The fourth-order valence-electron chi connectivity index (χ4n) is 3.10. The van der Waals surface area contributed by atoms with Crippen molar-refractivity contribution in [1.82, 2.24) is 10.2 Å². The maximum atomic E-state index is 12.6. The maximum absolute atomic E-state index is 12.6. The Morgan fingerprint density at radius 3 is 2.64 bits per heavy atom. The summed E-state index contributed by atoms with van der Waals surface area (Å²) in [6, 6.07) is 5.46. The second kappa shape index (κ2) is 8.00. The van der Waals surface area contributed by atoms with Crippen LogP contribution in [0, 0.1) is 18.3 Å². The summed E-state index contributed by atoms with van der Waals surface area (Å²) in [6.45, 7) is 10.4. The third-order valence-corrected chi connectivity index (χ3v) is 4.78. The molecule has 0 aromatic heterocycles. The van der Waals surface area contributed by atoms with Crippen molar-refractivity contribution in [3.63, 3.8) is 0 Å². The number of nitrogens with one attached hydrogen (secondary N) is 2. The summed E-state index contributed by atoms with van der Waals surface area (Å²) < 4.78 is 0. The average Bonchev–Trinajstić information content (AvgIpc) is 2.53. The highest BCUT2D eigenvalue weighted by molar-refractivity contribution is 6.00. The SMILES string of the molecule is Cc1c(NC(=O)C(C)(C)C)cccc1C(=O)NC[C@@H]1CCCN(C)C1. The van der Waals surface area contributed by atoms with Gasteiger partial charge >= 0.3 is 0 Å². The van der Waals surface area contributed by atoms with E-state index in [4.69, 9.17) is 0 Å². The Morgan fingerprint density at radius 2 is 2.00 bits per heavy atom. The number of benzene rings is 1.